The van der Waals surface area contributed by atoms with E-state index in [0.717, 1.165) is 6.42 Å². The van der Waals surface area contributed by atoms with Gasteiger partial charge >= 0.3 is 449 Å². The first-order valence-corrected chi connectivity index (χ1v) is 31.7. The van der Waals surface area contributed by atoms with Crippen molar-refractivity contribution in [2.75, 3.05) is 14.7 Å². The molecule has 1 saturated carbocycles. The number of para-hydroxylation sites is 1. The minimum absolute atomic E-state index is 0.00711. The van der Waals surface area contributed by atoms with Crippen LogP contribution in [-0.4, -0.2) is 20.3 Å². The van der Waals surface area contributed by atoms with Gasteiger partial charge in [0.15, 0.2) is 0 Å². The first-order valence-electron chi connectivity index (χ1n) is 29.4. The summed E-state index contributed by atoms with van der Waals surface area (Å²) < 4.78 is 0. The van der Waals surface area contributed by atoms with Crippen LogP contribution in [0.5, 0.6) is 0 Å². The summed E-state index contributed by atoms with van der Waals surface area (Å²) in [5.74, 6) is 0. The normalized spacial score (nSPS) is 19.9. The molecule has 79 heavy (non-hydrogen) atoms. The van der Waals surface area contributed by atoms with E-state index in [9.17, 15) is 0 Å². The molecule has 0 saturated heterocycles. The summed E-state index contributed by atoms with van der Waals surface area (Å²) in [6.07, 6.45) is 4.75. The molecule has 0 spiro atoms. The molecule has 1 aliphatic carbocycles. The predicted molar refractivity (Wildman–Crippen MR) is 343 cm³/mol. The first-order chi connectivity index (χ1) is 37.8. The van der Waals surface area contributed by atoms with Gasteiger partial charge in [-0.05, 0) is 5.41 Å². The Morgan fingerprint density at radius 2 is 0.899 bits per heavy atom. The molecule has 3 nitrogen and oxygen atoms in total. The zero-order valence-corrected chi connectivity index (χ0v) is 49.5. The maximum absolute atomic E-state index is 3.52. The summed E-state index contributed by atoms with van der Waals surface area (Å²) in [4.78, 5) is 8.26. The number of hydrogen-bond donors (Lipinski definition) is 0. The van der Waals surface area contributed by atoms with Crippen LogP contribution >= 0.6 is 0 Å². The zero-order chi connectivity index (χ0) is 54.6. The summed E-state index contributed by atoms with van der Waals surface area (Å²) in [5.41, 5.74) is 22.3. The molecule has 0 aromatic heterocycles. The van der Waals surface area contributed by atoms with Crippen molar-refractivity contribution in [3.8, 4) is 11.1 Å². The molecule has 4 aliphatic heterocycles. The van der Waals surface area contributed by atoms with Crippen LogP contribution in [0.2, 0.25) is 0 Å². The summed E-state index contributed by atoms with van der Waals surface area (Å²) >= 11 is 0. The van der Waals surface area contributed by atoms with E-state index in [1.165, 1.54) is 135 Å². The molecule has 394 valence electrons. The van der Waals surface area contributed by atoms with Crippen molar-refractivity contribution in [1.82, 2.24) is 0 Å². The average molecular weight is 1050 g/mol. The van der Waals surface area contributed by atoms with Crippen LogP contribution in [0.25, 0.3) is 11.1 Å². The number of nitrogens with zero attached hydrogens (tertiary/aromatic N) is 3. The molecule has 2 atom stereocenters. The van der Waals surface area contributed by atoms with E-state index in [4.69, 9.17) is 0 Å². The van der Waals surface area contributed by atoms with E-state index >= 15 is 0 Å². The van der Waals surface area contributed by atoms with Gasteiger partial charge in [0.05, 0.1) is 0 Å². The van der Waals surface area contributed by atoms with Crippen LogP contribution in [0.15, 0.2) is 200 Å². The van der Waals surface area contributed by atoms with E-state index in [2.05, 4.69) is 291 Å². The van der Waals surface area contributed by atoms with Gasteiger partial charge in [-0.1, -0.05) is 20.8 Å². The van der Waals surface area contributed by atoms with E-state index in [1.54, 1.807) is 0 Å². The Bertz CT molecular complexity index is 3860. The Labute approximate surface area is 472 Å². The second kappa shape index (κ2) is 17.3. The van der Waals surface area contributed by atoms with E-state index in [-0.39, 0.29) is 33.9 Å². The standard InChI is InChI=1S/C74H75BN3Si/c1-70(2,3)50-36-34-49(35-37-50)57-28-18-19-29-59(57)77-62-31-23-33-66-69(62)75-67-63(47-54(48-64(67)77)78-60-43-40-52(72(7,8)9)46-58(60)73(10)44-20-21-45-74(73,78)11)76(53-41-38-51(39-42-53)71(4,5)6)61-30-22-32-65(68(61)75)79(66,55-24-14-12-15-25-55)56-26-16-13-17-27-56/h12-19,22-43,46-48,79H,20-21,44-45H2,1-11H3/q-1. The first kappa shape index (κ1) is 49.9. The monoisotopic (exact) mass is 1040 g/mol. The third-order valence-corrected chi connectivity index (χ3v) is 25.8. The van der Waals surface area contributed by atoms with Gasteiger partial charge in [-0.3, -0.25) is 0 Å². The van der Waals surface area contributed by atoms with Crippen molar-refractivity contribution in [3.63, 3.8) is 0 Å². The summed E-state index contributed by atoms with van der Waals surface area (Å²) in [6.45, 7) is 26.2. The minimum atomic E-state index is -3.52. The summed E-state index contributed by atoms with van der Waals surface area (Å²) in [7, 11) is -3.52. The van der Waals surface area contributed by atoms with Crippen LogP contribution < -0.4 is 51.8 Å². The topological polar surface area (TPSA) is 9.72 Å². The zero-order valence-electron chi connectivity index (χ0n) is 48.4. The Hall–Kier alpha value is -7.34. The van der Waals surface area contributed by atoms with Crippen molar-refractivity contribution in [3.05, 3.63) is 222 Å². The quantitative estimate of drug-likeness (QED) is 0.154. The van der Waals surface area contributed by atoms with Gasteiger partial charge in [0.2, 0.25) is 0 Å². The molecule has 9 aromatic carbocycles. The number of anilines is 8. The fourth-order valence-electron chi connectivity index (χ4n) is 15.9. The molecule has 9 aromatic rings. The Morgan fingerprint density at radius 3 is 1.48 bits per heavy atom. The third-order valence-electron chi connectivity index (χ3n) is 20.1. The molecule has 0 N–H and O–H groups in total. The third kappa shape index (κ3) is 7.10. The fourth-order valence-corrected chi connectivity index (χ4v) is 22.0. The van der Waals surface area contributed by atoms with Gasteiger partial charge in [-0.2, -0.15) is 0 Å². The molecule has 5 heteroatoms. The van der Waals surface area contributed by atoms with Crippen molar-refractivity contribution >= 4 is 97.4 Å². The number of hydrogen-bond acceptors (Lipinski definition) is 3. The van der Waals surface area contributed by atoms with Crippen LogP contribution in [0.1, 0.15) is 124 Å². The number of benzene rings is 9. The molecular formula is C74H75BN3Si-. The van der Waals surface area contributed by atoms with E-state index in [1.807, 2.05) is 0 Å². The predicted octanol–water partition coefficient (Wildman–Crippen LogP) is 14.5. The SMILES string of the molecule is CC(C)(C)c1ccc(-c2ccccc2N2c3cc(N4c5ccc(C(C)(C)C)cc5C5(C)CCCCC45C)cc4c3B3c5c(cccc5[SiH-](c5ccccc5)(c5ccccc5)c5cccc2c53)N4c2ccc(C(C)(C)C)cc2)cc1. The van der Waals surface area contributed by atoms with E-state index in [0.29, 0.717) is 0 Å². The Kier molecular flexibility index (Phi) is 11.0. The number of rotatable bonds is 6. The van der Waals surface area contributed by atoms with Crippen molar-refractivity contribution in [2.24, 2.45) is 0 Å². The van der Waals surface area contributed by atoms with Crippen LogP contribution in [0, 0.1) is 0 Å². The summed E-state index contributed by atoms with van der Waals surface area (Å²) in [5, 5.41) is 5.89. The fraction of sp³-hybridized carbons (Fsp3) is 0.270. The molecule has 14 rings (SSSR count). The molecule has 0 amide bonds. The summed E-state index contributed by atoms with van der Waals surface area (Å²) in [6, 6.07) is 79.2. The molecule has 2 unspecified atom stereocenters. The molecule has 1 fully saturated rings. The van der Waals surface area contributed by atoms with Gasteiger partial charge in [-0.25, -0.2) is 0 Å². The second-order valence-electron chi connectivity index (χ2n) is 27.5. The second-order valence-corrected chi connectivity index (χ2v) is 31.8. The van der Waals surface area contributed by atoms with Gasteiger partial charge in [-0.15, -0.1) is 0 Å². The van der Waals surface area contributed by atoms with Crippen molar-refractivity contribution < 1.29 is 0 Å². The Morgan fingerprint density at radius 1 is 0.405 bits per heavy atom. The van der Waals surface area contributed by atoms with Crippen LogP contribution in [0.3, 0.4) is 0 Å². The average Bonchev–Trinajstić information content (AvgIpc) is 1.91. The van der Waals surface area contributed by atoms with Gasteiger partial charge < -0.3 is 0 Å². The molecule has 5 aliphatic rings. The van der Waals surface area contributed by atoms with Crippen molar-refractivity contribution in [2.45, 2.75) is 129 Å². The molecule has 4 heterocycles. The molecule has 0 radical (unpaired) electrons. The van der Waals surface area contributed by atoms with Gasteiger partial charge in [0.25, 0.3) is 0 Å². The Balaban J connectivity index is 1.14. The van der Waals surface area contributed by atoms with Gasteiger partial charge in [0, 0.05) is 0 Å². The van der Waals surface area contributed by atoms with Gasteiger partial charge in [0.1, 0.15) is 0 Å². The van der Waals surface area contributed by atoms with Crippen molar-refractivity contribution in [1.29, 1.82) is 0 Å². The number of fused-ring (bicyclic) bond motifs is 3. The van der Waals surface area contributed by atoms with Crippen LogP contribution in [0.4, 0.5) is 45.5 Å². The maximum atomic E-state index is 2.84. The van der Waals surface area contributed by atoms with E-state index < -0.39 is 8.07 Å². The molecular weight excluding hydrogens is 970 g/mol. The van der Waals surface area contributed by atoms with Crippen LogP contribution in [-0.2, 0) is 21.7 Å². The molecule has 0 bridgehead atoms.